The van der Waals surface area contributed by atoms with Gasteiger partial charge in [-0.15, -0.1) is 0 Å². The van der Waals surface area contributed by atoms with Crippen LogP contribution in [-0.4, -0.2) is 25.2 Å². The largest absolute Gasteiger partial charge is 0.392 e. The van der Waals surface area contributed by atoms with Gasteiger partial charge < -0.3 is 9.84 Å². The van der Waals surface area contributed by atoms with Gasteiger partial charge in [0.05, 0.1) is 28.1 Å². The quantitative estimate of drug-likeness (QED) is 0.601. The molecule has 0 amide bonds. The lowest BCUT2D eigenvalue weighted by molar-refractivity contribution is -0.0481. The Hall–Kier alpha value is -2.73. The van der Waals surface area contributed by atoms with E-state index in [4.69, 9.17) is 4.74 Å². The lowest BCUT2D eigenvalue weighted by atomic mass is 9.80. The molecule has 0 spiro atoms. The van der Waals surface area contributed by atoms with Gasteiger partial charge >= 0.3 is 0 Å². The Labute approximate surface area is 183 Å². The highest BCUT2D eigenvalue weighted by molar-refractivity contribution is 7.95. The van der Waals surface area contributed by atoms with Gasteiger partial charge in [-0.2, -0.15) is 0 Å². The van der Waals surface area contributed by atoms with E-state index in [2.05, 4.69) is 0 Å². The topological polar surface area (TPSA) is 63.6 Å². The molecule has 0 radical (unpaired) electrons. The molecule has 0 saturated carbocycles. The smallest absolute Gasteiger partial charge is 0.203 e. The first kappa shape index (κ1) is 21.5. The van der Waals surface area contributed by atoms with Crippen LogP contribution in [0.25, 0.3) is 0 Å². The fraction of sp³-hybridized carbons (Fsp3) is 0.231. The molecule has 1 aliphatic carbocycles. The molecular formula is C26H26O4S. The Morgan fingerprint density at radius 2 is 1.45 bits per heavy atom. The van der Waals surface area contributed by atoms with Crippen molar-refractivity contribution in [1.82, 2.24) is 0 Å². The minimum atomic E-state index is -3.83. The molecule has 0 aromatic heterocycles. The molecule has 0 aliphatic heterocycles. The molecular weight excluding hydrogens is 408 g/mol. The summed E-state index contributed by atoms with van der Waals surface area (Å²) in [5.41, 5.74) is 0.840. The number of aliphatic hydroxyl groups excluding tert-OH is 1. The van der Waals surface area contributed by atoms with Crippen LogP contribution in [-0.2, 0) is 21.2 Å². The molecule has 4 rings (SSSR count). The van der Waals surface area contributed by atoms with E-state index in [0.29, 0.717) is 13.0 Å². The summed E-state index contributed by atoms with van der Waals surface area (Å²) >= 11 is 0. The minimum absolute atomic E-state index is 0.180. The molecule has 1 aliphatic rings. The second-order valence-corrected chi connectivity index (χ2v) is 10.1. The summed E-state index contributed by atoms with van der Waals surface area (Å²) in [6.07, 6.45) is 1.09. The molecule has 3 aromatic rings. The van der Waals surface area contributed by atoms with Gasteiger partial charge in [0.15, 0.2) is 0 Å². The van der Waals surface area contributed by atoms with E-state index in [-0.39, 0.29) is 9.80 Å². The van der Waals surface area contributed by atoms with E-state index in [1.165, 1.54) is 0 Å². The van der Waals surface area contributed by atoms with Gasteiger partial charge in [0.1, 0.15) is 0 Å². The lowest BCUT2D eigenvalue weighted by Crippen LogP contribution is -2.41. The third-order valence-electron chi connectivity index (χ3n) is 5.69. The monoisotopic (exact) mass is 434 g/mol. The van der Waals surface area contributed by atoms with Crippen LogP contribution in [0.4, 0.5) is 0 Å². The van der Waals surface area contributed by atoms with Gasteiger partial charge in [-0.3, -0.25) is 0 Å². The van der Waals surface area contributed by atoms with Crippen LogP contribution in [0.15, 0.2) is 107 Å². The molecule has 31 heavy (non-hydrogen) atoms. The average molecular weight is 435 g/mol. The van der Waals surface area contributed by atoms with Crippen molar-refractivity contribution in [2.75, 3.05) is 0 Å². The summed E-state index contributed by atoms with van der Waals surface area (Å²) in [7, 11) is -3.83. The molecule has 0 saturated heterocycles. The maximum Gasteiger partial charge on any atom is 0.203 e. The van der Waals surface area contributed by atoms with Crippen molar-refractivity contribution >= 4 is 9.84 Å². The maximum atomic E-state index is 13.6. The van der Waals surface area contributed by atoms with E-state index >= 15 is 0 Å². The summed E-state index contributed by atoms with van der Waals surface area (Å²) in [6.45, 7) is 2.16. The molecule has 1 N–H and O–H groups in total. The first-order valence-corrected chi connectivity index (χ1v) is 11.8. The normalized spacial score (nSPS) is 23.9. The zero-order chi connectivity index (χ0) is 21.9. The van der Waals surface area contributed by atoms with Gasteiger partial charge in [-0.25, -0.2) is 8.42 Å². The molecule has 0 fully saturated rings. The van der Waals surface area contributed by atoms with Crippen LogP contribution in [0.1, 0.15) is 30.4 Å². The minimum Gasteiger partial charge on any atom is -0.392 e. The summed E-state index contributed by atoms with van der Waals surface area (Å²) in [6, 6.07) is 27.4. The molecule has 0 bridgehead atoms. The van der Waals surface area contributed by atoms with Crippen molar-refractivity contribution < 1.29 is 18.3 Å². The number of ether oxygens (including phenoxy) is 1. The van der Waals surface area contributed by atoms with Crippen molar-refractivity contribution in [2.24, 2.45) is 0 Å². The van der Waals surface area contributed by atoms with Gasteiger partial charge in [0.2, 0.25) is 9.84 Å². The highest BCUT2D eigenvalue weighted by Crippen LogP contribution is 2.44. The first-order chi connectivity index (χ1) is 14.9. The van der Waals surface area contributed by atoms with Gasteiger partial charge in [-0.05, 0) is 36.3 Å². The first-order valence-electron chi connectivity index (χ1n) is 10.3. The van der Waals surface area contributed by atoms with Gasteiger partial charge in [0.25, 0.3) is 0 Å². The number of sulfone groups is 1. The van der Waals surface area contributed by atoms with Crippen molar-refractivity contribution in [1.29, 1.82) is 0 Å². The zero-order valence-electron chi connectivity index (χ0n) is 17.4. The van der Waals surface area contributed by atoms with Crippen LogP contribution >= 0.6 is 0 Å². The molecule has 4 nitrogen and oxygen atoms in total. The third-order valence-corrected chi connectivity index (χ3v) is 7.57. The Kier molecular flexibility index (Phi) is 6.10. The Morgan fingerprint density at radius 1 is 0.903 bits per heavy atom. The summed E-state index contributed by atoms with van der Waals surface area (Å²) in [5, 5.41) is 11.2. The van der Waals surface area contributed by atoms with E-state index in [0.717, 1.165) is 11.1 Å². The summed E-state index contributed by atoms with van der Waals surface area (Å²) in [5.74, 6) is -0.653. The SMILES string of the molecule is C[C@]1(OCc2ccccc2)C=C(S(=O)(=O)c2ccccc2)[C@H](c2ccccc2)[C@H](O)C1. The second-order valence-electron chi connectivity index (χ2n) is 8.11. The highest BCUT2D eigenvalue weighted by Gasteiger charge is 2.43. The number of benzene rings is 3. The zero-order valence-corrected chi connectivity index (χ0v) is 18.2. The Balaban J connectivity index is 1.77. The van der Waals surface area contributed by atoms with E-state index in [1.807, 2.05) is 67.6 Å². The number of aliphatic hydroxyl groups is 1. The van der Waals surface area contributed by atoms with Crippen LogP contribution in [0, 0.1) is 0 Å². The van der Waals surface area contributed by atoms with Gasteiger partial charge in [0, 0.05) is 12.3 Å². The molecule has 0 heterocycles. The number of hydrogen-bond donors (Lipinski definition) is 1. The fourth-order valence-corrected chi connectivity index (χ4v) is 5.94. The standard InChI is InChI=1S/C26H26O4S/c1-26(30-19-20-11-5-2-6-12-20)17-23(27)25(21-13-7-3-8-14-21)24(18-26)31(28,29)22-15-9-4-10-16-22/h2-16,18,23,25,27H,17,19H2,1H3/t23-,25-,26-/m1/s1. The van der Waals surface area contributed by atoms with E-state index in [1.54, 1.807) is 36.4 Å². The Morgan fingerprint density at radius 3 is 2.06 bits per heavy atom. The van der Waals surface area contributed by atoms with Crippen LogP contribution < -0.4 is 0 Å². The lowest BCUT2D eigenvalue weighted by Gasteiger charge is -2.39. The van der Waals surface area contributed by atoms with Crippen molar-refractivity contribution in [3.05, 3.63) is 113 Å². The predicted octanol–water partition coefficient (Wildman–Crippen LogP) is 4.87. The molecule has 3 aromatic carbocycles. The van der Waals surface area contributed by atoms with Crippen LogP contribution in [0.5, 0.6) is 0 Å². The Bertz CT molecular complexity index is 1140. The third kappa shape index (κ3) is 4.64. The van der Waals surface area contributed by atoms with Crippen molar-refractivity contribution in [2.45, 2.75) is 42.5 Å². The summed E-state index contributed by atoms with van der Waals surface area (Å²) < 4.78 is 33.5. The molecule has 160 valence electrons. The number of rotatable bonds is 6. The second kappa shape index (κ2) is 8.79. The highest BCUT2D eigenvalue weighted by atomic mass is 32.2. The molecule has 0 unspecified atom stereocenters. The van der Waals surface area contributed by atoms with Gasteiger partial charge in [-0.1, -0.05) is 78.9 Å². The van der Waals surface area contributed by atoms with E-state index in [9.17, 15) is 13.5 Å². The summed E-state index contributed by atoms with van der Waals surface area (Å²) in [4.78, 5) is 0.390. The molecule has 3 atom stereocenters. The van der Waals surface area contributed by atoms with Crippen LogP contribution in [0.2, 0.25) is 0 Å². The fourth-order valence-electron chi connectivity index (χ4n) is 4.12. The molecule has 5 heteroatoms. The van der Waals surface area contributed by atoms with E-state index < -0.39 is 27.5 Å². The maximum absolute atomic E-state index is 13.6. The average Bonchev–Trinajstić information content (AvgIpc) is 2.79. The van der Waals surface area contributed by atoms with Crippen LogP contribution in [0.3, 0.4) is 0 Å². The number of hydrogen-bond acceptors (Lipinski definition) is 4. The van der Waals surface area contributed by atoms with Crippen molar-refractivity contribution in [3.8, 4) is 0 Å². The van der Waals surface area contributed by atoms with Crippen molar-refractivity contribution in [3.63, 3.8) is 0 Å². The predicted molar refractivity (Wildman–Crippen MR) is 121 cm³/mol.